The van der Waals surface area contributed by atoms with Crippen LogP contribution in [0, 0.1) is 0 Å². The molecule has 0 radical (unpaired) electrons. The SMILES string of the molecule is O=C1NC(=O)C(Cc2ccc(CCNCC(O)COc3ccc(OCc4ccccc4)cc3)cc2)S1. The third kappa shape index (κ3) is 8.12. The molecule has 1 heterocycles. The van der Waals surface area contributed by atoms with E-state index in [2.05, 4.69) is 10.6 Å². The van der Waals surface area contributed by atoms with Gasteiger partial charge in [0.05, 0.1) is 5.25 Å². The van der Waals surface area contributed by atoms with Crippen LogP contribution in [0.1, 0.15) is 16.7 Å². The Kier molecular flexibility index (Phi) is 9.38. The van der Waals surface area contributed by atoms with Crippen molar-refractivity contribution in [2.75, 3.05) is 19.7 Å². The Morgan fingerprint density at radius 2 is 1.53 bits per heavy atom. The van der Waals surface area contributed by atoms with E-state index in [-0.39, 0.29) is 23.0 Å². The molecular weight excluding hydrogens is 476 g/mol. The molecule has 2 unspecified atom stereocenters. The summed E-state index contributed by atoms with van der Waals surface area (Å²) in [4.78, 5) is 23.0. The first-order chi connectivity index (χ1) is 17.5. The second-order valence-electron chi connectivity index (χ2n) is 8.57. The third-order valence-electron chi connectivity index (χ3n) is 5.70. The summed E-state index contributed by atoms with van der Waals surface area (Å²) in [7, 11) is 0. The molecule has 3 aromatic carbocycles. The molecule has 0 aromatic heterocycles. The zero-order chi connectivity index (χ0) is 25.2. The molecule has 0 aliphatic carbocycles. The normalized spacial score (nSPS) is 16.0. The maximum atomic E-state index is 11.7. The monoisotopic (exact) mass is 506 g/mol. The zero-order valence-corrected chi connectivity index (χ0v) is 20.7. The molecule has 3 aromatic rings. The van der Waals surface area contributed by atoms with Crippen molar-refractivity contribution in [2.45, 2.75) is 30.8 Å². The topological polar surface area (TPSA) is 96.9 Å². The molecule has 0 saturated carbocycles. The minimum Gasteiger partial charge on any atom is -0.491 e. The summed E-state index contributed by atoms with van der Waals surface area (Å²) in [6, 6.07) is 25.4. The van der Waals surface area contributed by atoms with E-state index in [1.165, 1.54) is 0 Å². The molecule has 1 aliphatic heterocycles. The largest absolute Gasteiger partial charge is 0.491 e. The Hall–Kier alpha value is -3.33. The molecule has 1 fully saturated rings. The lowest BCUT2D eigenvalue weighted by atomic mass is 10.1. The van der Waals surface area contributed by atoms with Gasteiger partial charge in [0.25, 0.3) is 5.24 Å². The Morgan fingerprint density at radius 3 is 2.19 bits per heavy atom. The van der Waals surface area contributed by atoms with Crippen molar-refractivity contribution < 1.29 is 24.2 Å². The molecule has 8 heteroatoms. The fourth-order valence-electron chi connectivity index (χ4n) is 3.71. The van der Waals surface area contributed by atoms with Crippen molar-refractivity contribution in [1.29, 1.82) is 0 Å². The number of amides is 2. The number of rotatable bonds is 13. The van der Waals surface area contributed by atoms with Gasteiger partial charge in [-0.05, 0) is 60.3 Å². The van der Waals surface area contributed by atoms with Crippen LogP contribution in [0.25, 0.3) is 0 Å². The summed E-state index contributed by atoms with van der Waals surface area (Å²) in [5.74, 6) is 1.23. The fourth-order valence-corrected chi connectivity index (χ4v) is 4.57. The van der Waals surface area contributed by atoms with Gasteiger partial charge in [0.2, 0.25) is 5.91 Å². The first-order valence-corrected chi connectivity index (χ1v) is 12.8. The van der Waals surface area contributed by atoms with Crippen molar-refractivity contribution in [2.24, 2.45) is 0 Å². The number of aliphatic hydroxyl groups is 1. The molecule has 36 heavy (non-hydrogen) atoms. The molecule has 0 bridgehead atoms. The Balaban J connectivity index is 1.09. The van der Waals surface area contributed by atoms with Crippen LogP contribution in [0.15, 0.2) is 78.9 Å². The number of imide groups is 1. The van der Waals surface area contributed by atoms with Crippen molar-refractivity contribution in [3.63, 3.8) is 0 Å². The molecule has 188 valence electrons. The number of carbonyl (C=O) groups excluding carboxylic acids is 2. The minimum absolute atomic E-state index is 0.196. The molecular formula is C28H30N2O5S. The van der Waals surface area contributed by atoms with Gasteiger partial charge in [-0.1, -0.05) is 66.4 Å². The highest BCUT2D eigenvalue weighted by atomic mass is 32.2. The molecule has 2 atom stereocenters. The van der Waals surface area contributed by atoms with E-state index in [4.69, 9.17) is 9.47 Å². The van der Waals surface area contributed by atoms with E-state index in [0.29, 0.717) is 25.3 Å². The lowest BCUT2D eigenvalue weighted by Crippen LogP contribution is -2.32. The second kappa shape index (κ2) is 13.1. The Morgan fingerprint density at radius 1 is 0.861 bits per heavy atom. The van der Waals surface area contributed by atoms with Crippen molar-refractivity contribution in [3.8, 4) is 11.5 Å². The number of hydrogen-bond acceptors (Lipinski definition) is 7. The lowest BCUT2D eigenvalue weighted by Gasteiger charge is -2.14. The lowest BCUT2D eigenvalue weighted by molar-refractivity contribution is -0.118. The van der Waals surface area contributed by atoms with Gasteiger partial charge in [0.1, 0.15) is 30.8 Å². The maximum absolute atomic E-state index is 11.7. The summed E-state index contributed by atoms with van der Waals surface area (Å²) < 4.78 is 11.5. The Labute approximate surface area is 215 Å². The van der Waals surface area contributed by atoms with Gasteiger partial charge in [0.15, 0.2) is 0 Å². The standard InChI is InChI=1S/C28H30N2O5S/c31-23(19-35-25-12-10-24(11-13-25)34-18-22-4-2-1-3-5-22)17-29-15-14-20-6-8-21(9-7-20)16-26-27(32)30-28(33)36-26/h1-13,23,26,29,31H,14-19H2,(H,30,32,33). The van der Waals surface area contributed by atoms with Crippen LogP contribution in [-0.4, -0.2) is 47.3 Å². The average Bonchev–Trinajstić information content (AvgIpc) is 3.22. The smallest absolute Gasteiger partial charge is 0.286 e. The van der Waals surface area contributed by atoms with E-state index in [1.54, 1.807) is 0 Å². The number of carbonyl (C=O) groups is 2. The summed E-state index contributed by atoms with van der Waals surface area (Å²) in [6.45, 7) is 1.86. The van der Waals surface area contributed by atoms with Crippen LogP contribution in [0.3, 0.4) is 0 Å². The molecule has 1 saturated heterocycles. The number of hydrogen-bond donors (Lipinski definition) is 3. The van der Waals surface area contributed by atoms with Crippen LogP contribution in [0.2, 0.25) is 0 Å². The van der Waals surface area contributed by atoms with E-state index in [9.17, 15) is 14.7 Å². The Bertz CT molecular complexity index is 1120. The zero-order valence-electron chi connectivity index (χ0n) is 19.9. The molecule has 2 amide bonds. The summed E-state index contributed by atoms with van der Waals surface area (Å²) in [5.41, 5.74) is 3.29. The summed E-state index contributed by atoms with van der Waals surface area (Å²) >= 11 is 1.05. The van der Waals surface area contributed by atoms with Crippen molar-refractivity contribution >= 4 is 22.9 Å². The number of nitrogens with one attached hydrogen (secondary N) is 2. The summed E-state index contributed by atoms with van der Waals surface area (Å²) in [5, 5.41) is 15.2. The van der Waals surface area contributed by atoms with Crippen LogP contribution in [0.4, 0.5) is 4.79 Å². The minimum atomic E-state index is -0.626. The van der Waals surface area contributed by atoms with Crippen LogP contribution in [-0.2, 0) is 24.2 Å². The van der Waals surface area contributed by atoms with Crippen LogP contribution >= 0.6 is 11.8 Å². The number of aliphatic hydroxyl groups excluding tert-OH is 1. The molecule has 0 spiro atoms. The van der Waals surface area contributed by atoms with Crippen molar-refractivity contribution in [3.05, 3.63) is 95.6 Å². The van der Waals surface area contributed by atoms with Gasteiger partial charge < -0.3 is 19.9 Å². The predicted octanol–water partition coefficient (Wildman–Crippen LogP) is 3.73. The average molecular weight is 507 g/mol. The van der Waals surface area contributed by atoms with Crippen molar-refractivity contribution in [1.82, 2.24) is 10.6 Å². The van der Waals surface area contributed by atoms with Gasteiger partial charge >= 0.3 is 0 Å². The van der Waals surface area contributed by atoms with Gasteiger partial charge in [-0.15, -0.1) is 0 Å². The van der Waals surface area contributed by atoms with E-state index < -0.39 is 6.10 Å². The predicted molar refractivity (Wildman–Crippen MR) is 140 cm³/mol. The van der Waals surface area contributed by atoms with Gasteiger partial charge in [-0.2, -0.15) is 0 Å². The first-order valence-electron chi connectivity index (χ1n) is 11.9. The van der Waals surface area contributed by atoms with Crippen LogP contribution < -0.4 is 20.1 Å². The van der Waals surface area contributed by atoms with E-state index >= 15 is 0 Å². The molecule has 7 nitrogen and oxygen atoms in total. The number of benzene rings is 3. The van der Waals surface area contributed by atoms with E-state index in [0.717, 1.165) is 47.2 Å². The highest BCUT2D eigenvalue weighted by Crippen LogP contribution is 2.23. The third-order valence-corrected chi connectivity index (χ3v) is 6.68. The first kappa shape index (κ1) is 25.8. The van der Waals surface area contributed by atoms with Crippen LogP contribution in [0.5, 0.6) is 11.5 Å². The highest BCUT2D eigenvalue weighted by Gasteiger charge is 2.31. The summed E-state index contributed by atoms with van der Waals surface area (Å²) in [6.07, 6.45) is 0.727. The molecule has 3 N–H and O–H groups in total. The fraction of sp³-hybridized carbons (Fsp3) is 0.286. The second-order valence-corrected chi connectivity index (χ2v) is 9.74. The van der Waals surface area contributed by atoms with Gasteiger partial charge in [-0.3, -0.25) is 14.9 Å². The van der Waals surface area contributed by atoms with Gasteiger partial charge in [-0.25, -0.2) is 0 Å². The van der Waals surface area contributed by atoms with E-state index in [1.807, 2.05) is 78.9 Å². The maximum Gasteiger partial charge on any atom is 0.286 e. The number of thioether (sulfide) groups is 1. The van der Waals surface area contributed by atoms with Gasteiger partial charge in [0, 0.05) is 6.54 Å². The molecule has 4 rings (SSSR count). The molecule has 1 aliphatic rings. The highest BCUT2D eigenvalue weighted by molar-refractivity contribution is 8.15. The number of ether oxygens (including phenoxy) is 2. The quantitative estimate of drug-likeness (QED) is 0.304.